The zero-order chi connectivity index (χ0) is 12.3. The van der Waals surface area contributed by atoms with E-state index in [9.17, 15) is 14.4 Å². The molecule has 1 amide bonds. The van der Waals surface area contributed by atoms with Gasteiger partial charge >= 0.3 is 5.69 Å². The normalized spacial score (nSPS) is 11.2. The van der Waals surface area contributed by atoms with Crippen molar-refractivity contribution in [3.8, 4) is 0 Å². The molecular weight excluding hydrogens is 214 g/mol. The minimum Gasteiger partial charge on any atom is -0.303 e. The fourth-order valence-corrected chi connectivity index (χ4v) is 0.845. The van der Waals surface area contributed by atoms with E-state index in [-0.39, 0.29) is 5.69 Å². The Hall–Kier alpha value is -1.89. The molecule has 1 heterocycles. The highest BCUT2D eigenvalue weighted by molar-refractivity contribution is 5.91. The summed E-state index contributed by atoms with van der Waals surface area (Å²) < 4.78 is 0. The number of aromatic nitrogens is 2. The van der Waals surface area contributed by atoms with Crippen LogP contribution in [0, 0.1) is 0 Å². The summed E-state index contributed by atoms with van der Waals surface area (Å²) in [5.41, 5.74) is 0.0278. The lowest BCUT2D eigenvalue weighted by Gasteiger charge is -2.18. The highest BCUT2D eigenvalue weighted by atomic mass is 16.7. The molecule has 1 aromatic heterocycles. The number of hydrogen-bond acceptors (Lipinski definition) is 4. The average Bonchev–Trinajstić information content (AvgIpc) is 2.11. The van der Waals surface area contributed by atoms with Gasteiger partial charge in [-0.1, -0.05) is 0 Å². The first-order valence-electron chi connectivity index (χ1n) is 4.60. The van der Waals surface area contributed by atoms with Crippen LogP contribution in [0.5, 0.6) is 0 Å². The predicted octanol–water partition coefficient (Wildman–Crippen LogP) is -0.477. The first-order chi connectivity index (χ1) is 7.28. The molecule has 0 saturated carbocycles. The molecule has 3 N–H and O–H groups in total. The van der Waals surface area contributed by atoms with E-state index in [0.29, 0.717) is 0 Å². The Bertz CT molecular complexity index is 466. The molecule has 0 bridgehead atoms. The molecule has 7 heteroatoms. The van der Waals surface area contributed by atoms with Crippen LogP contribution in [0.3, 0.4) is 0 Å². The van der Waals surface area contributed by atoms with Crippen molar-refractivity contribution >= 4 is 5.91 Å². The van der Waals surface area contributed by atoms with Gasteiger partial charge in [-0.15, -0.1) is 0 Å². The molecule has 0 spiro atoms. The summed E-state index contributed by atoms with van der Waals surface area (Å²) in [7, 11) is 0. The zero-order valence-electron chi connectivity index (χ0n) is 9.21. The van der Waals surface area contributed by atoms with E-state index >= 15 is 0 Å². The van der Waals surface area contributed by atoms with Crippen molar-refractivity contribution in [1.82, 2.24) is 15.4 Å². The summed E-state index contributed by atoms with van der Waals surface area (Å²) in [6.45, 7) is 5.23. The van der Waals surface area contributed by atoms with E-state index in [1.165, 1.54) is 0 Å². The molecule has 0 unspecified atom stereocenters. The third kappa shape index (κ3) is 3.70. The highest BCUT2D eigenvalue weighted by Crippen LogP contribution is 2.03. The molecule has 88 valence electrons. The maximum absolute atomic E-state index is 11.4. The number of nitrogens with one attached hydrogen (secondary N) is 3. The first-order valence-corrected chi connectivity index (χ1v) is 4.60. The molecule has 1 aromatic rings. The Balaban J connectivity index is 2.82. The quantitative estimate of drug-likeness (QED) is 0.594. The lowest BCUT2D eigenvalue weighted by atomic mass is 10.2. The van der Waals surface area contributed by atoms with Crippen LogP contribution in [0.15, 0.2) is 15.7 Å². The second-order valence-electron chi connectivity index (χ2n) is 4.15. The van der Waals surface area contributed by atoms with Crippen molar-refractivity contribution < 1.29 is 9.63 Å². The third-order valence-corrected chi connectivity index (χ3v) is 1.45. The van der Waals surface area contributed by atoms with Gasteiger partial charge in [0, 0.05) is 6.07 Å². The average molecular weight is 227 g/mol. The molecule has 0 saturated heterocycles. The topological polar surface area (TPSA) is 104 Å². The monoisotopic (exact) mass is 227 g/mol. The van der Waals surface area contributed by atoms with Gasteiger partial charge in [0.1, 0.15) is 5.69 Å². The molecule has 0 aliphatic carbocycles. The molecule has 0 aliphatic rings. The summed E-state index contributed by atoms with van der Waals surface area (Å²) >= 11 is 0. The predicted molar refractivity (Wildman–Crippen MR) is 56.0 cm³/mol. The summed E-state index contributed by atoms with van der Waals surface area (Å²) in [6.07, 6.45) is 0. The Morgan fingerprint density at radius 3 is 2.44 bits per heavy atom. The van der Waals surface area contributed by atoms with E-state index in [0.717, 1.165) is 6.07 Å². The first kappa shape index (κ1) is 12.2. The second-order valence-corrected chi connectivity index (χ2v) is 4.15. The van der Waals surface area contributed by atoms with E-state index in [1.807, 2.05) is 4.98 Å². The van der Waals surface area contributed by atoms with Gasteiger partial charge in [-0.3, -0.25) is 19.4 Å². The molecule has 16 heavy (non-hydrogen) atoms. The Labute approximate surface area is 90.8 Å². The van der Waals surface area contributed by atoms with Crippen LogP contribution < -0.4 is 16.7 Å². The van der Waals surface area contributed by atoms with Crippen LogP contribution in [0.1, 0.15) is 31.3 Å². The number of rotatable bonds is 2. The summed E-state index contributed by atoms with van der Waals surface area (Å²) in [4.78, 5) is 42.4. The van der Waals surface area contributed by atoms with Crippen molar-refractivity contribution in [1.29, 1.82) is 0 Å². The van der Waals surface area contributed by atoms with Crippen LogP contribution >= 0.6 is 0 Å². The van der Waals surface area contributed by atoms with Crippen molar-refractivity contribution in [2.75, 3.05) is 0 Å². The van der Waals surface area contributed by atoms with Gasteiger partial charge in [-0.25, -0.2) is 10.3 Å². The van der Waals surface area contributed by atoms with Crippen molar-refractivity contribution in [3.63, 3.8) is 0 Å². The Morgan fingerprint density at radius 2 is 1.94 bits per heavy atom. The van der Waals surface area contributed by atoms with Gasteiger partial charge in [-0.2, -0.15) is 0 Å². The van der Waals surface area contributed by atoms with Gasteiger partial charge in [0.05, 0.1) is 5.60 Å². The number of amides is 1. The maximum atomic E-state index is 11.4. The largest absolute Gasteiger partial charge is 0.326 e. The number of aromatic amines is 2. The molecule has 0 aliphatic heterocycles. The molecular formula is C9H13N3O4. The number of carbonyl (C=O) groups is 1. The molecule has 0 atom stereocenters. The van der Waals surface area contributed by atoms with Gasteiger partial charge < -0.3 is 4.98 Å². The number of carbonyl (C=O) groups excluding carboxylic acids is 1. The minimum atomic E-state index is -0.742. The highest BCUT2D eigenvalue weighted by Gasteiger charge is 2.14. The van der Waals surface area contributed by atoms with Crippen LogP contribution in [0.25, 0.3) is 0 Å². The van der Waals surface area contributed by atoms with Crippen LogP contribution in [0.4, 0.5) is 0 Å². The Kier molecular flexibility index (Phi) is 3.28. The van der Waals surface area contributed by atoms with Crippen LogP contribution in [-0.2, 0) is 4.84 Å². The van der Waals surface area contributed by atoms with Gasteiger partial charge in [0.15, 0.2) is 0 Å². The maximum Gasteiger partial charge on any atom is 0.326 e. The smallest absolute Gasteiger partial charge is 0.303 e. The third-order valence-electron chi connectivity index (χ3n) is 1.45. The van der Waals surface area contributed by atoms with Crippen molar-refractivity contribution in [2.24, 2.45) is 0 Å². The Morgan fingerprint density at radius 1 is 1.31 bits per heavy atom. The lowest BCUT2D eigenvalue weighted by Crippen LogP contribution is -2.36. The van der Waals surface area contributed by atoms with Gasteiger partial charge in [0.25, 0.3) is 11.5 Å². The van der Waals surface area contributed by atoms with Crippen molar-refractivity contribution in [2.45, 2.75) is 26.4 Å². The number of H-pyrrole nitrogens is 2. The standard InChI is InChI=1S/C9H13N3O4/c1-9(2,3)16-12-7(14)5-4-6(13)11-8(15)10-5/h4H,1-3H3,(H,12,14)(H2,10,11,13,15). The lowest BCUT2D eigenvalue weighted by molar-refractivity contribution is -0.0591. The van der Waals surface area contributed by atoms with E-state index in [2.05, 4.69) is 10.5 Å². The van der Waals surface area contributed by atoms with E-state index in [4.69, 9.17) is 4.84 Å². The minimum absolute atomic E-state index is 0.155. The SMILES string of the molecule is CC(C)(C)ONC(=O)c1cc(=O)[nH]c(=O)[nH]1. The molecule has 1 rings (SSSR count). The molecule has 0 aromatic carbocycles. The molecule has 0 radical (unpaired) electrons. The van der Waals surface area contributed by atoms with Crippen LogP contribution in [-0.4, -0.2) is 21.5 Å². The molecule has 0 fully saturated rings. The second kappa shape index (κ2) is 4.31. The van der Waals surface area contributed by atoms with E-state index < -0.39 is 22.8 Å². The fraction of sp³-hybridized carbons (Fsp3) is 0.444. The summed E-state index contributed by atoms with van der Waals surface area (Å²) in [5.74, 6) is -0.682. The number of hydroxylamine groups is 1. The van der Waals surface area contributed by atoms with Gasteiger partial charge in [-0.05, 0) is 20.8 Å². The fourth-order valence-electron chi connectivity index (χ4n) is 0.845. The van der Waals surface area contributed by atoms with E-state index in [1.54, 1.807) is 20.8 Å². The van der Waals surface area contributed by atoms with Crippen LogP contribution in [0.2, 0.25) is 0 Å². The molecule has 7 nitrogen and oxygen atoms in total. The van der Waals surface area contributed by atoms with Gasteiger partial charge in [0.2, 0.25) is 0 Å². The summed E-state index contributed by atoms with van der Waals surface area (Å²) in [5, 5.41) is 0. The zero-order valence-corrected chi connectivity index (χ0v) is 9.21. The van der Waals surface area contributed by atoms with Crippen molar-refractivity contribution in [3.05, 3.63) is 32.6 Å². The summed E-state index contributed by atoms with van der Waals surface area (Å²) in [6, 6.07) is 0.975. The number of hydrogen-bond donors (Lipinski definition) is 3.